The minimum absolute atomic E-state index is 0.0664. The molecule has 1 aliphatic carbocycles. The number of pyridine rings is 1. The molecule has 0 radical (unpaired) electrons. The highest BCUT2D eigenvalue weighted by Gasteiger charge is 2.42. The zero-order chi connectivity index (χ0) is 37.7. The van der Waals surface area contributed by atoms with Crippen LogP contribution in [-0.4, -0.2) is 75.4 Å². The van der Waals surface area contributed by atoms with Crippen molar-refractivity contribution in [2.75, 3.05) is 13.1 Å². The number of fused-ring (bicyclic) bond motifs is 2. The smallest absolute Gasteiger partial charge is 0.270 e. The fourth-order valence-corrected chi connectivity index (χ4v) is 8.74. The lowest BCUT2D eigenvalue weighted by atomic mass is 9.72. The summed E-state index contributed by atoms with van der Waals surface area (Å²) in [5.41, 5.74) is 7.75. The van der Waals surface area contributed by atoms with Gasteiger partial charge in [0.25, 0.3) is 5.91 Å². The van der Waals surface area contributed by atoms with E-state index in [1.165, 1.54) is 11.3 Å². The third-order valence-electron chi connectivity index (χ3n) is 10.3. The molecule has 2 aliphatic rings. The van der Waals surface area contributed by atoms with Gasteiger partial charge in [0, 0.05) is 28.9 Å². The second-order valence-corrected chi connectivity index (χ2v) is 16.4. The van der Waals surface area contributed by atoms with Gasteiger partial charge in [-0.15, -0.1) is 11.3 Å². The van der Waals surface area contributed by atoms with Crippen molar-refractivity contribution in [3.63, 3.8) is 0 Å². The van der Waals surface area contributed by atoms with Crippen molar-refractivity contribution in [3.8, 4) is 11.1 Å². The number of nitrogens with zero attached hydrogens (tertiary/aromatic N) is 2. The Kier molecular flexibility index (Phi) is 11.9. The number of carbonyl (C=O) groups is 4. The second kappa shape index (κ2) is 16.6. The minimum Gasteiger partial charge on any atom is -0.389 e. The first kappa shape index (κ1) is 38.1. The largest absolute Gasteiger partial charge is 0.389 e. The number of nitrogens with one attached hydrogen (secondary N) is 3. The van der Waals surface area contributed by atoms with Crippen LogP contribution in [0.15, 0.2) is 78.2 Å². The molecule has 2 aromatic heterocycles. The van der Waals surface area contributed by atoms with Gasteiger partial charge in [0.05, 0.1) is 30.1 Å². The highest BCUT2D eigenvalue weighted by molar-refractivity contribution is 7.10. The Bertz CT molecular complexity index is 1930. The average molecular weight is 739 g/mol. The molecule has 2 aromatic carbocycles. The van der Waals surface area contributed by atoms with Crippen molar-refractivity contribution in [2.45, 2.75) is 89.1 Å². The van der Waals surface area contributed by atoms with Crippen LogP contribution in [0, 0.1) is 11.8 Å². The van der Waals surface area contributed by atoms with E-state index in [0.29, 0.717) is 35.2 Å². The number of aromatic nitrogens is 1. The number of hydrogen-bond donors (Lipinski definition) is 5. The number of benzene rings is 2. The van der Waals surface area contributed by atoms with E-state index in [2.05, 4.69) is 25.8 Å². The number of aliphatic hydroxyl groups is 1. The molecule has 1 saturated carbocycles. The highest BCUT2D eigenvalue weighted by Crippen LogP contribution is 2.39. The van der Waals surface area contributed by atoms with Crippen molar-refractivity contribution in [1.29, 1.82) is 0 Å². The number of piperidine rings is 1. The lowest BCUT2D eigenvalue weighted by molar-refractivity contribution is -0.133. The van der Waals surface area contributed by atoms with Crippen LogP contribution in [0.1, 0.15) is 80.7 Å². The quantitative estimate of drug-likeness (QED) is 0.137. The summed E-state index contributed by atoms with van der Waals surface area (Å²) < 4.78 is 0. The number of primary amides is 1. The summed E-state index contributed by atoms with van der Waals surface area (Å²) in [5, 5.41) is 23.7. The van der Waals surface area contributed by atoms with Gasteiger partial charge in [-0.05, 0) is 80.2 Å². The first-order chi connectivity index (χ1) is 25.3. The van der Waals surface area contributed by atoms with Crippen LogP contribution in [0.3, 0.4) is 0 Å². The predicted molar refractivity (Wildman–Crippen MR) is 207 cm³/mol. The summed E-state index contributed by atoms with van der Waals surface area (Å²) in [7, 11) is 0. The van der Waals surface area contributed by atoms with Crippen LogP contribution < -0.4 is 21.7 Å². The Balaban J connectivity index is 1.27. The third kappa shape index (κ3) is 9.67. The van der Waals surface area contributed by atoms with Crippen molar-refractivity contribution in [1.82, 2.24) is 25.8 Å². The predicted octanol–water partition coefficient (Wildman–Crippen LogP) is 4.95. The molecular weight excluding hydrogens is 689 g/mol. The van der Waals surface area contributed by atoms with Crippen LogP contribution in [0.2, 0.25) is 0 Å². The van der Waals surface area contributed by atoms with Gasteiger partial charge in [0.2, 0.25) is 17.7 Å². The van der Waals surface area contributed by atoms with Crippen molar-refractivity contribution in [2.24, 2.45) is 17.6 Å². The van der Waals surface area contributed by atoms with E-state index in [1.54, 1.807) is 18.2 Å². The first-order valence-electron chi connectivity index (χ1n) is 18.5. The number of hydrogen-bond acceptors (Lipinski definition) is 8. The van der Waals surface area contributed by atoms with Crippen LogP contribution in [0.25, 0.3) is 22.0 Å². The number of amides is 4. The fraction of sp³-hybridized carbons (Fsp3) is 0.439. The van der Waals surface area contributed by atoms with Gasteiger partial charge in [0.15, 0.2) is 0 Å². The standard InChI is InChI=1S/C41H50N6O5S/c1-41(2,3)46-40(52)33-19-27-14-7-8-15-28(27)22-47(33)23-34(48)37(35-20-29(24-53-35)25-11-5-4-6-12-25)45-39(51)32(21-36(42)49)44-38(50)31-18-17-26-13-9-10-16-30(26)43-31/h4-6,9-13,16-18,20,24,27-28,32-34,37,48H,7-8,14-15,19,21-23H2,1-3H3,(H2,42,49)(H,44,50)(H,45,51)(H,46,52)/t27-,28+,32-,33-,34+,37+/m0/s1. The summed E-state index contributed by atoms with van der Waals surface area (Å²) >= 11 is 1.39. The van der Waals surface area contributed by atoms with E-state index in [0.717, 1.165) is 42.2 Å². The maximum Gasteiger partial charge on any atom is 0.270 e. The van der Waals surface area contributed by atoms with E-state index in [1.807, 2.05) is 80.7 Å². The maximum atomic E-state index is 14.1. The van der Waals surface area contributed by atoms with Crippen LogP contribution >= 0.6 is 11.3 Å². The molecule has 6 atom stereocenters. The Hall–Kier alpha value is -4.65. The Morgan fingerprint density at radius 2 is 1.66 bits per heavy atom. The van der Waals surface area contributed by atoms with Gasteiger partial charge in [0.1, 0.15) is 11.7 Å². The molecule has 0 unspecified atom stereocenters. The number of thiophene rings is 1. The summed E-state index contributed by atoms with van der Waals surface area (Å²) in [4.78, 5) is 60.7. The molecule has 12 heteroatoms. The number of rotatable bonds is 12. The molecule has 11 nitrogen and oxygen atoms in total. The van der Waals surface area contributed by atoms with Gasteiger partial charge in [-0.25, -0.2) is 4.98 Å². The monoisotopic (exact) mass is 738 g/mol. The molecule has 4 aromatic rings. The summed E-state index contributed by atoms with van der Waals surface area (Å²) in [6, 6.07) is 19.7. The van der Waals surface area contributed by atoms with Crippen molar-refractivity contribution < 1.29 is 24.3 Å². The second-order valence-electron chi connectivity index (χ2n) is 15.5. The summed E-state index contributed by atoms with van der Waals surface area (Å²) in [6.45, 7) is 6.67. The lowest BCUT2D eigenvalue weighted by Crippen LogP contribution is -2.59. The molecule has 0 spiro atoms. The maximum absolute atomic E-state index is 14.1. The number of β-amino-alcohol motifs (C(OH)–C–C–N with tert-alkyl or cyclic N) is 1. The highest BCUT2D eigenvalue weighted by atomic mass is 32.1. The Morgan fingerprint density at radius 1 is 0.943 bits per heavy atom. The van der Waals surface area contributed by atoms with Gasteiger partial charge in [-0.2, -0.15) is 0 Å². The molecule has 0 bridgehead atoms. The van der Waals surface area contributed by atoms with E-state index < -0.39 is 53.9 Å². The zero-order valence-electron chi connectivity index (χ0n) is 30.6. The summed E-state index contributed by atoms with van der Waals surface area (Å²) in [5.74, 6) is -1.29. The molecular formula is C41H50N6O5S. The SMILES string of the molecule is CC(C)(C)NC(=O)[C@@H]1C[C@@H]2CCCC[C@@H]2CN1C[C@@H](O)[C@@H](NC(=O)[C@H](CC(N)=O)NC(=O)c1ccc2ccccc2n1)c1cc(-c2ccccc2)cs1. The van der Waals surface area contributed by atoms with Crippen molar-refractivity contribution >= 4 is 45.9 Å². The fourth-order valence-electron chi connectivity index (χ4n) is 7.72. The van der Waals surface area contributed by atoms with Crippen molar-refractivity contribution in [3.05, 3.63) is 88.7 Å². The molecule has 4 amide bonds. The number of likely N-dealkylation sites (tertiary alicyclic amines) is 1. The van der Waals surface area contributed by atoms with Gasteiger partial charge in [-0.3, -0.25) is 24.1 Å². The molecule has 3 heterocycles. The number of nitrogens with two attached hydrogens (primary N) is 1. The number of para-hydroxylation sites is 1. The van der Waals surface area contributed by atoms with E-state index >= 15 is 0 Å². The normalized spacial score (nSPS) is 20.8. The van der Waals surface area contributed by atoms with E-state index in [4.69, 9.17) is 5.73 Å². The molecule has 6 N–H and O–H groups in total. The van der Waals surface area contributed by atoms with Crippen LogP contribution in [-0.2, 0) is 14.4 Å². The van der Waals surface area contributed by atoms with Gasteiger partial charge < -0.3 is 26.8 Å². The summed E-state index contributed by atoms with van der Waals surface area (Å²) in [6.07, 6.45) is 3.59. The van der Waals surface area contributed by atoms with Crippen LogP contribution in [0.5, 0.6) is 0 Å². The van der Waals surface area contributed by atoms with Gasteiger partial charge >= 0.3 is 0 Å². The molecule has 1 saturated heterocycles. The molecule has 280 valence electrons. The molecule has 53 heavy (non-hydrogen) atoms. The topological polar surface area (TPSA) is 167 Å². The van der Waals surface area contributed by atoms with E-state index in [-0.39, 0.29) is 18.1 Å². The Labute approximate surface area is 314 Å². The number of aliphatic hydroxyl groups excluding tert-OH is 1. The Morgan fingerprint density at radius 3 is 2.40 bits per heavy atom. The minimum atomic E-state index is -1.33. The molecule has 1 aliphatic heterocycles. The lowest BCUT2D eigenvalue weighted by Gasteiger charge is -2.47. The molecule has 6 rings (SSSR count). The molecule has 2 fully saturated rings. The first-order valence-corrected chi connectivity index (χ1v) is 19.4. The van der Waals surface area contributed by atoms with Crippen LogP contribution in [0.4, 0.5) is 0 Å². The van der Waals surface area contributed by atoms with Gasteiger partial charge in [-0.1, -0.05) is 73.9 Å². The zero-order valence-corrected chi connectivity index (χ0v) is 31.4. The third-order valence-corrected chi connectivity index (χ3v) is 11.3. The number of carbonyl (C=O) groups excluding carboxylic acids is 4. The van der Waals surface area contributed by atoms with E-state index in [9.17, 15) is 24.3 Å². The average Bonchev–Trinajstić information content (AvgIpc) is 3.62.